The van der Waals surface area contributed by atoms with Gasteiger partial charge in [0.2, 0.25) is 11.8 Å². The molecule has 2 N–H and O–H groups in total. The third-order valence-corrected chi connectivity index (χ3v) is 6.03. The van der Waals surface area contributed by atoms with Gasteiger partial charge in [-0.15, -0.1) is 0 Å². The largest absolute Gasteiger partial charge is 0.463 e. The van der Waals surface area contributed by atoms with Crippen LogP contribution in [0.25, 0.3) is 0 Å². The van der Waals surface area contributed by atoms with Crippen molar-refractivity contribution in [3.8, 4) is 0 Å². The maximum atomic E-state index is 13.2. The Morgan fingerprint density at radius 3 is 2.59 bits per heavy atom. The Hall–Kier alpha value is -2.74. The molecule has 1 aromatic carbocycles. The van der Waals surface area contributed by atoms with Crippen molar-refractivity contribution in [2.75, 3.05) is 26.3 Å². The summed E-state index contributed by atoms with van der Waals surface area (Å²) in [6.45, 7) is 0.721. The Labute approximate surface area is 187 Å². The van der Waals surface area contributed by atoms with Crippen LogP contribution in [0.3, 0.4) is 0 Å². The highest BCUT2D eigenvalue weighted by Gasteiger charge is 2.35. The number of esters is 1. The number of aliphatic hydroxyl groups is 1. The number of fused-ring (bicyclic) bond motifs is 1. The number of nitrogens with one attached hydrogen (secondary N) is 1. The number of allylic oxidation sites excluding steroid dienone is 2. The van der Waals surface area contributed by atoms with Crippen molar-refractivity contribution in [2.24, 2.45) is 11.8 Å². The molecule has 174 valence electrons. The Morgan fingerprint density at radius 2 is 1.88 bits per heavy atom. The van der Waals surface area contributed by atoms with E-state index in [1.165, 1.54) is 12.1 Å². The van der Waals surface area contributed by atoms with Gasteiger partial charge in [-0.05, 0) is 49.8 Å². The number of benzene rings is 1. The average Bonchev–Trinajstić information content (AvgIpc) is 3.26. The molecule has 8 heteroatoms. The van der Waals surface area contributed by atoms with E-state index in [2.05, 4.69) is 5.32 Å². The molecule has 3 atom stereocenters. The smallest absolute Gasteiger partial charge is 0.309 e. The maximum absolute atomic E-state index is 13.2. The molecule has 0 spiro atoms. The van der Waals surface area contributed by atoms with Crippen molar-refractivity contribution in [2.45, 2.75) is 44.6 Å². The topological polar surface area (TPSA) is 95.9 Å². The number of amides is 2. The van der Waals surface area contributed by atoms with Crippen molar-refractivity contribution in [1.82, 2.24) is 10.2 Å². The summed E-state index contributed by atoms with van der Waals surface area (Å²) in [7, 11) is 0. The van der Waals surface area contributed by atoms with E-state index in [1.807, 2.05) is 12.2 Å². The lowest BCUT2D eigenvalue weighted by atomic mass is 9.94. The van der Waals surface area contributed by atoms with E-state index in [4.69, 9.17) is 9.84 Å². The number of carbonyl (C=O) groups is 3. The predicted octanol–water partition coefficient (Wildman–Crippen LogP) is 1.98. The van der Waals surface area contributed by atoms with E-state index in [9.17, 15) is 18.8 Å². The number of carbonyl (C=O) groups excluding carboxylic acids is 3. The summed E-state index contributed by atoms with van der Waals surface area (Å²) in [6, 6.07) is 5.90. The van der Waals surface area contributed by atoms with Gasteiger partial charge in [0.1, 0.15) is 12.4 Å². The van der Waals surface area contributed by atoms with E-state index in [0.717, 1.165) is 18.4 Å². The van der Waals surface area contributed by atoms with Crippen LogP contribution in [0.15, 0.2) is 36.4 Å². The number of nitrogens with zero attached hydrogens (tertiary/aromatic N) is 1. The van der Waals surface area contributed by atoms with Crippen molar-refractivity contribution in [3.63, 3.8) is 0 Å². The molecule has 0 radical (unpaired) electrons. The van der Waals surface area contributed by atoms with E-state index >= 15 is 0 Å². The van der Waals surface area contributed by atoms with Gasteiger partial charge in [0.05, 0.1) is 24.5 Å². The molecule has 2 aliphatic heterocycles. The fourth-order valence-corrected chi connectivity index (χ4v) is 4.28. The zero-order chi connectivity index (χ0) is 22.9. The second-order valence-corrected chi connectivity index (χ2v) is 8.40. The number of rotatable bonds is 6. The number of hydrogen-bond acceptors (Lipinski definition) is 5. The number of hydrogen-bond donors (Lipinski definition) is 2. The van der Waals surface area contributed by atoms with E-state index < -0.39 is 11.8 Å². The molecule has 2 amide bonds. The molecular weight excluding hydrogens is 415 g/mol. The third-order valence-electron chi connectivity index (χ3n) is 6.03. The van der Waals surface area contributed by atoms with Crippen molar-refractivity contribution in [3.05, 3.63) is 47.8 Å². The average molecular weight is 447 g/mol. The molecule has 2 heterocycles. The molecule has 0 unspecified atom stereocenters. The normalized spacial score (nSPS) is 25.3. The van der Waals surface area contributed by atoms with Gasteiger partial charge in [-0.25, -0.2) is 4.39 Å². The van der Waals surface area contributed by atoms with Crippen LogP contribution in [0.4, 0.5) is 4.39 Å². The number of ether oxygens (including phenoxy) is 1. The Morgan fingerprint density at radius 1 is 1.16 bits per heavy atom. The molecule has 1 fully saturated rings. The van der Waals surface area contributed by atoms with Crippen LogP contribution in [-0.2, 0) is 25.5 Å². The minimum Gasteiger partial charge on any atom is -0.463 e. The molecule has 0 aliphatic carbocycles. The van der Waals surface area contributed by atoms with Gasteiger partial charge in [0, 0.05) is 19.5 Å². The molecule has 32 heavy (non-hydrogen) atoms. The van der Waals surface area contributed by atoms with Crippen LogP contribution >= 0.6 is 0 Å². The quantitative estimate of drug-likeness (QED) is 0.515. The van der Waals surface area contributed by atoms with Crippen molar-refractivity contribution in [1.29, 1.82) is 0 Å². The number of cyclic esters (lactones) is 1. The zero-order valence-electron chi connectivity index (χ0n) is 18.2. The summed E-state index contributed by atoms with van der Waals surface area (Å²) >= 11 is 0. The highest BCUT2D eigenvalue weighted by Crippen LogP contribution is 2.25. The monoisotopic (exact) mass is 446 g/mol. The number of aliphatic hydroxyl groups excluding tert-OH is 1. The second-order valence-electron chi connectivity index (χ2n) is 8.40. The molecule has 7 nitrogen and oxygen atoms in total. The summed E-state index contributed by atoms with van der Waals surface area (Å²) < 4.78 is 18.8. The van der Waals surface area contributed by atoms with Crippen LogP contribution < -0.4 is 5.32 Å². The molecule has 1 saturated heterocycles. The van der Waals surface area contributed by atoms with Gasteiger partial charge in [0.15, 0.2) is 0 Å². The SMILES string of the molecule is O=C(C[C@@H]1C/C=C/C[C@@H](Cc2ccc(F)cc2)C(=O)OC[C@@H]2CCCN2C1=O)NCCO. The molecule has 0 aromatic heterocycles. The number of halogens is 1. The lowest BCUT2D eigenvalue weighted by Crippen LogP contribution is -2.43. The van der Waals surface area contributed by atoms with Crippen LogP contribution in [0.5, 0.6) is 0 Å². The van der Waals surface area contributed by atoms with E-state index in [-0.39, 0.29) is 55.8 Å². The third kappa shape index (κ3) is 6.63. The van der Waals surface area contributed by atoms with Crippen molar-refractivity contribution < 1.29 is 28.6 Å². The van der Waals surface area contributed by atoms with Gasteiger partial charge in [-0.3, -0.25) is 14.4 Å². The molecule has 0 bridgehead atoms. The Balaban J connectivity index is 1.74. The zero-order valence-corrected chi connectivity index (χ0v) is 18.2. The van der Waals surface area contributed by atoms with E-state index in [0.29, 0.717) is 25.8 Å². The minimum absolute atomic E-state index is 0.0468. The predicted molar refractivity (Wildman–Crippen MR) is 116 cm³/mol. The summed E-state index contributed by atoms with van der Waals surface area (Å²) in [5.74, 6) is -1.93. The molecule has 1 aromatic rings. The lowest BCUT2D eigenvalue weighted by molar-refractivity contribution is -0.152. The fraction of sp³-hybridized carbons (Fsp3) is 0.542. The highest BCUT2D eigenvalue weighted by molar-refractivity contribution is 5.86. The lowest BCUT2D eigenvalue weighted by Gasteiger charge is -2.29. The van der Waals surface area contributed by atoms with Gasteiger partial charge in [0.25, 0.3) is 0 Å². The molecule has 3 rings (SSSR count). The van der Waals surface area contributed by atoms with Gasteiger partial charge >= 0.3 is 5.97 Å². The minimum atomic E-state index is -0.504. The maximum Gasteiger partial charge on any atom is 0.309 e. The van der Waals surface area contributed by atoms with Crippen LogP contribution in [0, 0.1) is 17.7 Å². The first-order valence-electron chi connectivity index (χ1n) is 11.2. The van der Waals surface area contributed by atoms with Gasteiger partial charge in [-0.1, -0.05) is 24.3 Å². The van der Waals surface area contributed by atoms with E-state index in [1.54, 1.807) is 17.0 Å². The molecule has 0 saturated carbocycles. The van der Waals surface area contributed by atoms with Crippen LogP contribution in [-0.4, -0.2) is 60.1 Å². The first-order chi connectivity index (χ1) is 15.5. The van der Waals surface area contributed by atoms with Crippen LogP contribution in [0.1, 0.15) is 37.7 Å². The Kier molecular flexibility index (Phi) is 8.79. The van der Waals surface area contributed by atoms with Crippen molar-refractivity contribution >= 4 is 17.8 Å². The highest BCUT2D eigenvalue weighted by atomic mass is 19.1. The Bertz CT molecular complexity index is 826. The summed E-state index contributed by atoms with van der Waals surface area (Å²) in [4.78, 5) is 39.9. The second kappa shape index (κ2) is 11.8. The summed E-state index contributed by atoms with van der Waals surface area (Å²) in [6.07, 6.45) is 6.58. The summed E-state index contributed by atoms with van der Waals surface area (Å²) in [5, 5.41) is 11.5. The van der Waals surface area contributed by atoms with Crippen LogP contribution in [0.2, 0.25) is 0 Å². The van der Waals surface area contributed by atoms with Gasteiger partial charge < -0.3 is 20.1 Å². The first-order valence-corrected chi connectivity index (χ1v) is 11.2. The summed E-state index contributed by atoms with van der Waals surface area (Å²) in [5.41, 5.74) is 0.852. The van der Waals surface area contributed by atoms with Gasteiger partial charge in [-0.2, -0.15) is 0 Å². The first kappa shape index (κ1) is 23.9. The standard InChI is InChI=1S/C24H31FN2O5/c25-20-9-7-17(8-10-20)14-19-5-2-1-4-18(15-22(29)26-11-13-28)23(30)27-12-3-6-21(27)16-32-24(19)31/h1-2,7-10,18-19,21,28H,3-6,11-16H2,(H,26,29)/b2-1+/t18-,19-,21-/m0/s1. The molecule has 2 aliphatic rings. The fourth-order valence-electron chi connectivity index (χ4n) is 4.28. The molecular formula is C24H31FN2O5.